The summed E-state index contributed by atoms with van der Waals surface area (Å²) < 4.78 is 81.7. The molecule has 0 N–H and O–H groups in total. The minimum Gasteiger partial charge on any atom is -0.744 e. The van der Waals surface area contributed by atoms with Crippen LogP contribution in [0.4, 0.5) is 18.9 Å². The molecule has 1 aliphatic rings. The monoisotopic (exact) mass is 793 g/mol. The minimum absolute atomic E-state index is 0.00992. The van der Waals surface area contributed by atoms with Crippen molar-refractivity contribution in [3.8, 4) is 22.8 Å². The third kappa shape index (κ3) is 9.60. The van der Waals surface area contributed by atoms with Crippen LogP contribution in [-0.2, 0) is 32.9 Å². The predicted molar refractivity (Wildman–Crippen MR) is 197 cm³/mol. The maximum absolute atomic E-state index is 14.0. The van der Waals surface area contributed by atoms with Gasteiger partial charge in [0.15, 0.2) is 17.8 Å². The first-order valence-corrected chi connectivity index (χ1v) is 18.5. The highest BCUT2D eigenvalue weighted by atomic mass is 32.2. The van der Waals surface area contributed by atoms with Gasteiger partial charge in [-0.25, -0.2) is 27.4 Å². The first-order valence-electron chi connectivity index (χ1n) is 17.1. The zero-order valence-corrected chi connectivity index (χ0v) is 31.6. The Kier molecular flexibility index (Phi) is 12.0. The molecule has 1 aliphatic heterocycles. The maximum atomic E-state index is 14.0. The van der Waals surface area contributed by atoms with Gasteiger partial charge in [0.1, 0.15) is 21.9 Å². The molecule has 5 aromatic rings. The Morgan fingerprint density at radius 3 is 2.16 bits per heavy atom. The van der Waals surface area contributed by atoms with E-state index in [-0.39, 0.29) is 27.7 Å². The number of rotatable bonds is 8. The van der Waals surface area contributed by atoms with Crippen molar-refractivity contribution in [1.29, 1.82) is 0 Å². The molecule has 6 rings (SSSR count). The topological polar surface area (TPSA) is 153 Å². The number of amides is 1. The summed E-state index contributed by atoms with van der Waals surface area (Å²) in [7, 11) is 2.97. The van der Waals surface area contributed by atoms with Crippen LogP contribution in [0.3, 0.4) is 0 Å². The van der Waals surface area contributed by atoms with Crippen molar-refractivity contribution in [3.05, 3.63) is 124 Å². The van der Waals surface area contributed by atoms with Gasteiger partial charge in [-0.2, -0.15) is 18.3 Å². The lowest BCUT2D eigenvalue weighted by molar-refractivity contribution is -0.862. The van der Waals surface area contributed by atoms with Gasteiger partial charge < -0.3 is 18.7 Å². The lowest BCUT2D eigenvalue weighted by Gasteiger charge is -2.33. The summed E-state index contributed by atoms with van der Waals surface area (Å²) in [6.45, 7) is 8.29. The first-order chi connectivity index (χ1) is 26.3. The average molecular weight is 794 g/mol. The molecular weight excluding hydrogens is 756 g/mol. The van der Waals surface area contributed by atoms with Gasteiger partial charge in [0.2, 0.25) is 0 Å². The molecule has 2 aromatic heterocycles. The Morgan fingerprint density at radius 2 is 1.61 bits per heavy atom. The predicted octanol–water partition coefficient (Wildman–Crippen LogP) is 5.04. The van der Waals surface area contributed by atoms with E-state index < -0.39 is 39.5 Å². The number of hydrogen-bond acceptors (Lipinski definition) is 8. The Balaban J connectivity index is 0.000000522. The zero-order chi connectivity index (χ0) is 41.0. The van der Waals surface area contributed by atoms with E-state index in [2.05, 4.69) is 9.94 Å². The van der Waals surface area contributed by atoms with Crippen LogP contribution in [0.5, 0.6) is 0 Å². The highest BCUT2D eigenvalue weighted by molar-refractivity contribution is 7.85. The Hall–Kier alpha value is -6.03. The molecule has 294 valence electrons. The molecular formula is C38H38F3N7O7S. The number of quaternary nitrogens is 1. The first kappa shape index (κ1) is 41.1. The fourth-order valence-corrected chi connectivity index (χ4v) is 6.56. The molecule has 14 nitrogen and oxygen atoms in total. The lowest BCUT2D eigenvalue weighted by Crippen LogP contribution is -2.49. The fourth-order valence-electron chi connectivity index (χ4n) is 6.07. The Bertz CT molecular complexity index is 2420. The molecule has 0 bridgehead atoms. The lowest BCUT2D eigenvalue weighted by atomic mass is 10.1. The number of carbonyl (C=O) groups excluding carboxylic acids is 2. The van der Waals surface area contributed by atoms with Crippen molar-refractivity contribution in [3.63, 3.8) is 0 Å². The van der Waals surface area contributed by atoms with Gasteiger partial charge in [-0.1, -0.05) is 36.4 Å². The summed E-state index contributed by atoms with van der Waals surface area (Å²) in [5.74, 6) is -0.946. The van der Waals surface area contributed by atoms with E-state index in [9.17, 15) is 40.5 Å². The van der Waals surface area contributed by atoms with E-state index in [0.717, 1.165) is 16.8 Å². The maximum Gasteiger partial charge on any atom is 0.416 e. The molecule has 1 fully saturated rings. The number of likely N-dealkylation sites (tertiary alicyclic amines) is 1. The normalized spacial score (nSPS) is 13.7. The minimum atomic E-state index is -4.66. The molecule has 0 saturated carbocycles. The zero-order valence-electron chi connectivity index (χ0n) is 30.8. The van der Waals surface area contributed by atoms with E-state index in [1.54, 1.807) is 41.3 Å². The van der Waals surface area contributed by atoms with E-state index in [1.807, 2.05) is 21.1 Å². The molecule has 3 heterocycles. The fraction of sp³-hybridized carbons (Fsp3) is 0.289. The number of likely N-dealkylation sites (N-methyl/N-ethyl adjacent to an activating group) is 1. The van der Waals surface area contributed by atoms with Gasteiger partial charge in [0, 0.05) is 33.0 Å². The van der Waals surface area contributed by atoms with Crippen LogP contribution in [0.2, 0.25) is 0 Å². The second-order valence-electron chi connectivity index (χ2n) is 13.9. The molecule has 0 unspecified atom stereocenters. The van der Waals surface area contributed by atoms with Crippen molar-refractivity contribution in [1.82, 2.24) is 24.0 Å². The van der Waals surface area contributed by atoms with E-state index in [1.165, 1.54) is 59.0 Å². The number of esters is 1. The third-order valence-corrected chi connectivity index (χ3v) is 9.56. The molecule has 1 amide bonds. The number of carbonyl (C=O) groups is 2. The molecule has 3 aromatic carbocycles. The number of hydrogen-bond donors (Lipinski definition) is 0. The van der Waals surface area contributed by atoms with E-state index in [0.29, 0.717) is 54.0 Å². The van der Waals surface area contributed by atoms with Crippen molar-refractivity contribution in [2.24, 2.45) is 7.05 Å². The average Bonchev–Trinajstić information content (AvgIpc) is 3.72. The third-order valence-electron chi connectivity index (χ3n) is 8.71. The number of aromatic nitrogens is 4. The van der Waals surface area contributed by atoms with E-state index in [4.69, 9.17) is 11.3 Å². The number of benzene rings is 3. The van der Waals surface area contributed by atoms with Gasteiger partial charge in [0.05, 0.1) is 61.4 Å². The van der Waals surface area contributed by atoms with Crippen LogP contribution in [0.25, 0.3) is 27.6 Å². The molecule has 0 aliphatic carbocycles. The van der Waals surface area contributed by atoms with Crippen LogP contribution >= 0.6 is 0 Å². The molecule has 0 spiro atoms. The smallest absolute Gasteiger partial charge is 0.416 e. The standard InChI is InChI=1S/C32H33F3N7O4.C6H6O3S/c1-36-22-9-11-23(12-10-22)40-26(13-16-37-40)29-28(30(44)41(38(29)2)24-8-6-7-21(19-24)32(33,34)35)31(45)46-25-14-17-39(18-15-25)27(43)20-42(3,4)5;7-10(8,9)6-4-2-1-3-5-6/h6-13,16,19,25H,14-15,17-18,20H2,2-5H3;1-5H,(H,7,8,9)/q+1;/p-1. The van der Waals surface area contributed by atoms with Crippen molar-refractivity contribution >= 4 is 27.7 Å². The highest BCUT2D eigenvalue weighted by Crippen LogP contribution is 2.32. The van der Waals surface area contributed by atoms with Gasteiger partial charge in [-0.05, 0) is 48.5 Å². The summed E-state index contributed by atoms with van der Waals surface area (Å²) in [5.41, 5.74) is -0.994. The summed E-state index contributed by atoms with van der Waals surface area (Å²) in [6.07, 6.45) is -3.05. The van der Waals surface area contributed by atoms with Crippen LogP contribution in [0.15, 0.2) is 101 Å². The van der Waals surface area contributed by atoms with Crippen molar-refractivity contribution in [2.45, 2.75) is 30.0 Å². The number of nitrogens with zero attached hydrogens (tertiary/aromatic N) is 7. The molecule has 56 heavy (non-hydrogen) atoms. The van der Waals surface area contributed by atoms with Crippen LogP contribution < -0.4 is 5.56 Å². The SMILES string of the molecule is O=S(=O)([O-])c1ccccc1.[C-]#[N+]c1ccc(-n2nccc2-c2c(C(=O)OC3CCN(C(=O)C[N+](C)(C)C)CC3)c(=O)n(-c3cccc(C(F)(F)F)c3)n2C)cc1. The van der Waals surface area contributed by atoms with E-state index >= 15 is 0 Å². The van der Waals surface area contributed by atoms with Crippen molar-refractivity contribution < 1.29 is 45.0 Å². The summed E-state index contributed by atoms with van der Waals surface area (Å²) in [4.78, 5) is 45.5. The molecule has 0 atom stereocenters. The quantitative estimate of drug-likeness (QED) is 0.0917. The number of alkyl halides is 3. The van der Waals surface area contributed by atoms with Crippen LogP contribution in [0.1, 0.15) is 28.8 Å². The summed E-state index contributed by atoms with van der Waals surface area (Å²) in [5, 5.41) is 4.36. The second kappa shape index (κ2) is 16.4. The Morgan fingerprint density at radius 1 is 0.964 bits per heavy atom. The molecule has 1 saturated heterocycles. The summed E-state index contributed by atoms with van der Waals surface area (Å²) >= 11 is 0. The molecule has 0 radical (unpaired) electrons. The second-order valence-corrected chi connectivity index (χ2v) is 15.2. The van der Waals surface area contributed by atoms with Gasteiger partial charge in [-0.3, -0.25) is 14.3 Å². The number of halogens is 3. The molecule has 18 heteroatoms. The highest BCUT2D eigenvalue weighted by Gasteiger charge is 2.34. The largest absolute Gasteiger partial charge is 0.744 e. The number of ether oxygens (including phenoxy) is 1. The Labute approximate surface area is 320 Å². The van der Waals surface area contributed by atoms with Gasteiger partial charge in [-0.15, -0.1) is 0 Å². The number of piperidine rings is 1. The summed E-state index contributed by atoms with van der Waals surface area (Å²) in [6, 6.07) is 19.5. The van der Waals surface area contributed by atoms with Crippen LogP contribution in [0, 0.1) is 6.57 Å². The van der Waals surface area contributed by atoms with Gasteiger partial charge >= 0.3 is 12.1 Å². The van der Waals surface area contributed by atoms with Crippen LogP contribution in [-0.4, -0.2) is 100 Å². The van der Waals surface area contributed by atoms with Gasteiger partial charge in [0.25, 0.3) is 11.5 Å². The van der Waals surface area contributed by atoms with Crippen molar-refractivity contribution in [2.75, 3.05) is 40.8 Å².